The van der Waals surface area contributed by atoms with E-state index in [4.69, 9.17) is 5.84 Å². The number of nitrogens with two attached hydrogens (primary N) is 1. The van der Waals surface area contributed by atoms with E-state index in [0.29, 0.717) is 23.9 Å². The fourth-order valence-corrected chi connectivity index (χ4v) is 4.94. The molecule has 4 atom stereocenters. The average Bonchev–Trinajstić information content (AvgIpc) is 2.63. The van der Waals surface area contributed by atoms with Crippen LogP contribution in [0.3, 0.4) is 0 Å². The van der Waals surface area contributed by atoms with E-state index < -0.39 is 0 Å². The first-order valence-electron chi connectivity index (χ1n) is 8.90. The maximum atomic E-state index is 5.89. The lowest BCUT2D eigenvalue weighted by atomic mass is 9.66. The second kappa shape index (κ2) is 6.40. The summed E-state index contributed by atoms with van der Waals surface area (Å²) in [6.45, 7) is 0. The van der Waals surface area contributed by atoms with Crippen molar-refractivity contribution in [2.75, 3.05) is 7.05 Å². The van der Waals surface area contributed by atoms with Gasteiger partial charge in [0, 0.05) is 29.6 Å². The Kier molecular flexibility index (Phi) is 4.11. The van der Waals surface area contributed by atoms with Crippen molar-refractivity contribution in [2.45, 2.75) is 31.3 Å². The van der Waals surface area contributed by atoms with Gasteiger partial charge >= 0.3 is 0 Å². The lowest BCUT2D eigenvalue weighted by Crippen LogP contribution is -2.51. The van der Waals surface area contributed by atoms with Gasteiger partial charge in [0.25, 0.3) is 0 Å². The van der Waals surface area contributed by atoms with Crippen LogP contribution in [0.4, 0.5) is 0 Å². The fourth-order valence-electron chi connectivity index (χ4n) is 4.94. The first-order valence-corrected chi connectivity index (χ1v) is 8.90. The summed E-state index contributed by atoms with van der Waals surface area (Å²) in [6.07, 6.45) is 3.62. The molecule has 0 amide bonds. The maximum Gasteiger partial charge on any atom is 0.0475 e. The molecule has 3 heteroatoms. The molecule has 2 fully saturated rings. The van der Waals surface area contributed by atoms with Crippen LogP contribution in [-0.2, 0) is 0 Å². The third kappa shape index (κ3) is 2.44. The number of hydrogen-bond acceptors (Lipinski definition) is 3. The van der Waals surface area contributed by atoms with Gasteiger partial charge in [-0.3, -0.25) is 4.90 Å². The molecule has 2 aromatic carbocycles. The zero-order chi connectivity index (χ0) is 16.5. The molecule has 1 saturated heterocycles. The minimum Gasteiger partial charge on any atom is -0.323 e. The quantitative estimate of drug-likeness (QED) is 0.667. The summed E-state index contributed by atoms with van der Waals surface area (Å²) in [4.78, 5) is 2.56. The third-order valence-electron chi connectivity index (χ3n) is 5.86. The van der Waals surface area contributed by atoms with Gasteiger partial charge in [-0.25, -0.2) is 0 Å². The summed E-state index contributed by atoms with van der Waals surface area (Å²) in [6, 6.07) is 22.4. The smallest absolute Gasteiger partial charge is 0.0475 e. The third-order valence-corrected chi connectivity index (χ3v) is 5.86. The number of benzene rings is 2. The van der Waals surface area contributed by atoms with E-state index in [2.05, 4.69) is 77.7 Å². The highest BCUT2D eigenvalue weighted by Crippen LogP contribution is 2.51. The first kappa shape index (κ1) is 15.4. The predicted molar refractivity (Wildman–Crippen MR) is 98.6 cm³/mol. The molecular weight excluding hydrogens is 294 g/mol. The zero-order valence-electron chi connectivity index (χ0n) is 14.2. The summed E-state index contributed by atoms with van der Waals surface area (Å²) >= 11 is 0. The van der Waals surface area contributed by atoms with Crippen LogP contribution in [0.5, 0.6) is 0 Å². The second-order valence-electron chi connectivity index (χ2n) is 7.07. The second-order valence-corrected chi connectivity index (χ2v) is 7.07. The number of likely N-dealkylation sites (tertiary alicyclic amines) is 1. The molecule has 1 aliphatic heterocycles. The number of nitrogens with zero attached hydrogens (tertiary/aromatic N) is 2. The number of fused-ring (bicyclic) bond motifs is 2. The van der Waals surface area contributed by atoms with Crippen LogP contribution in [-0.4, -0.2) is 17.7 Å². The molecular formula is C21H25N3. The number of rotatable bonds is 2. The highest BCUT2D eigenvalue weighted by atomic mass is 15.2. The van der Waals surface area contributed by atoms with E-state index >= 15 is 0 Å². The Morgan fingerprint density at radius 3 is 1.71 bits per heavy atom. The molecule has 2 bridgehead atoms. The van der Waals surface area contributed by atoms with Crippen molar-refractivity contribution in [3.05, 3.63) is 71.8 Å². The molecule has 2 N–H and O–H groups in total. The highest BCUT2D eigenvalue weighted by Gasteiger charge is 2.48. The molecule has 1 aliphatic carbocycles. The van der Waals surface area contributed by atoms with Gasteiger partial charge in [-0.2, -0.15) is 5.10 Å². The molecule has 4 rings (SSSR count). The molecule has 1 saturated carbocycles. The Morgan fingerprint density at radius 2 is 1.29 bits per heavy atom. The van der Waals surface area contributed by atoms with Gasteiger partial charge in [0.2, 0.25) is 0 Å². The Labute approximate surface area is 144 Å². The summed E-state index contributed by atoms with van der Waals surface area (Å²) in [5.41, 5.74) is 3.96. The van der Waals surface area contributed by atoms with Gasteiger partial charge in [0.15, 0.2) is 0 Å². The highest BCUT2D eigenvalue weighted by molar-refractivity contribution is 5.91. The molecule has 2 aliphatic rings. The molecule has 4 unspecified atom stereocenters. The normalized spacial score (nSPS) is 30.1. The summed E-state index contributed by atoms with van der Waals surface area (Å²) in [5.74, 6) is 6.75. The van der Waals surface area contributed by atoms with Crippen molar-refractivity contribution in [1.29, 1.82) is 0 Å². The van der Waals surface area contributed by atoms with E-state index in [-0.39, 0.29) is 0 Å². The molecule has 24 heavy (non-hydrogen) atoms. The van der Waals surface area contributed by atoms with E-state index in [1.165, 1.54) is 36.1 Å². The van der Waals surface area contributed by atoms with E-state index in [1.807, 2.05) is 0 Å². The molecule has 0 radical (unpaired) electrons. The van der Waals surface area contributed by atoms with E-state index in [9.17, 15) is 0 Å². The summed E-state index contributed by atoms with van der Waals surface area (Å²) in [7, 11) is 2.27. The van der Waals surface area contributed by atoms with Crippen LogP contribution in [0.1, 0.15) is 42.5 Å². The van der Waals surface area contributed by atoms with E-state index in [0.717, 1.165) is 0 Å². The fraction of sp³-hybridized carbons (Fsp3) is 0.381. The van der Waals surface area contributed by atoms with Gasteiger partial charge in [0.1, 0.15) is 0 Å². The Balaban J connectivity index is 1.83. The SMILES string of the molecule is CN1C(c2ccccc2)C2CCCC(C2=NN)C1c1ccccc1. The zero-order valence-corrected chi connectivity index (χ0v) is 14.2. The van der Waals surface area contributed by atoms with Crippen molar-refractivity contribution >= 4 is 5.71 Å². The van der Waals surface area contributed by atoms with Crippen molar-refractivity contribution in [3.63, 3.8) is 0 Å². The van der Waals surface area contributed by atoms with Crippen LogP contribution in [0.15, 0.2) is 65.8 Å². The van der Waals surface area contributed by atoms with Crippen LogP contribution in [0.2, 0.25) is 0 Å². The van der Waals surface area contributed by atoms with Gasteiger partial charge in [0.05, 0.1) is 0 Å². The van der Waals surface area contributed by atoms with Crippen LogP contribution in [0.25, 0.3) is 0 Å². The van der Waals surface area contributed by atoms with Crippen molar-refractivity contribution in [3.8, 4) is 0 Å². The van der Waals surface area contributed by atoms with Gasteiger partial charge in [-0.05, 0) is 31.0 Å². The largest absolute Gasteiger partial charge is 0.323 e. The Morgan fingerprint density at radius 1 is 0.833 bits per heavy atom. The van der Waals surface area contributed by atoms with Crippen LogP contribution in [0, 0.1) is 11.8 Å². The number of piperidine rings is 1. The number of hydrazone groups is 1. The molecule has 124 valence electrons. The minimum atomic E-state index is 0.343. The van der Waals surface area contributed by atoms with Crippen LogP contribution < -0.4 is 5.84 Å². The molecule has 0 aromatic heterocycles. The lowest BCUT2D eigenvalue weighted by molar-refractivity contribution is 0.0669. The van der Waals surface area contributed by atoms with Crippen LogP contribution >= 0.6 is 0 Å². The maximum absolute atomic E-state index is 5.89. The lowest BCUT2D eigenvalue weighted by Gasteiger charge is -2.52. The number of hydrogen-bond donors (Lipinski definition) is 1. The van der Waals surface area contributed by atoms with Crippen molar-refractivity contribution in [1.82, 2.24) is 4.90 Å². The average molecular weight is 319 g/mol. The predicted octanol–water partition coefficient (Wildman–Crippen LogP) is 4.15. The molecule has 3 nitrogen and oxygen atoms in total. The minimum absolute atomic E-state index is 0.343. The van der Waals surface area contributed by atoms with Crippen molar-refractivity contribution in [2.24, 2.45) is 22.8 Å². The first-order chi connectivity index (χ1) is 11.8. The molecule has 0 spiro atoms. The standard InChI is InChI=1S/C21H25N3/c1-24-20(15-9-4-2-5-10-15)17-13-8-14-18(19(17)23-22)21(24)16-11-6-3-7-12-16/h2-7,9-12,17-18,20-21H,8,13-14,22H2,1H3. The Bertz CT molecular complexity index is 653. The molecule has 1 heterocycles. The van der Waals surface area contributed by atoms with Crippen molar-refractivity contribution < 1.29 is 0 Å². The van der Waals surface area contributed by atoms with E-state index in [1.54, 1.807) is 0 Å². The topological polar surface area (TPSA) is 41.6 Å². The summed E-state index contributed by atoms with van der Waals surface area (Å²) in [5, 5.41) is 4.31. The van der Waals surface area contributed by atoms with Gasteiger partial charge in [-0.15, -0.1) is 0 Å². The van der Waals surface area contributed by atoms with Gasteiger partial charge in [-0.1, -0.05) is 67.1 Å². The molecule has 2 aromatic rings. The summed E-state index contributed by atoms with van der Waals surface area (Å²) < 4.78 is 0. The Hall–Kier alpha value is -2.13. The van der Waals surface area contributed by atoms with Gasteiger partial charge < -0.3 is 5.84 Å². The monoisotopic (exact) mass is 319 g/mol.